The maximum Gasteiger partial charge on any atom is 0.270 e. The largest absolute Gasteiger partial charge is 0.300 e. The summed E-state index contributed by atoms with van der Waals surface area (Å²) >= 11 is 1.19. The van der Waals surface area contributed by atoms with E-state index in [4.69, 9.17) is 0 Å². The number of fused-ring (bicyclic) bond motifs is 1. The number of thiazole rings is 1. The molecule has 150 valence electrons. The SMILES string of the molecule is Cc1nc2ccccc2c(=O)n1CC(=O)Nc1nc(-c2cccc([N+](=O)[O-])c2)cs1. The molecule has 2 aromatic carbocycles. The monoisotopic (exact) mass is 421 g/mol. The molecule has 2 heterocycles. The Morgan fingerprint density at radius 1 is 1.20 bits per heavy atom. The van der Waals surface area contributed by atoms with Gasteiger partial charge in [0.25, 0.3) is 11.2 Å². The first-order valence-electron chi connectivity index (χ1n) is 8.89. The maximum absolute atomic E-state index is 12.7. The number of nitrogens with zero attached hydrogens (tertiary/aromatic N) is 4. The van der Waals surface area contributed by atoms with Gasteiger partial charge >= 0.3 is 0 Å². The first-order chi connectivity index (χ1) is 14.4. The number of anilines is 1. The summed E-state index contributed by atoms with van der Waals surface area (Å²) in [6.45, 7) is 1.47. The second-order valence-corrected chi connectivity index (χ2v) is 7.32. The number of non-ortho nitro benzene ring substituents is 1. The highest BCUT2D eigenvalue weighted by Gasteiger charge is 2.14. The second kappa shape index (κ2) is 7.84. The smallest absolute Gasteiger partial charge is 0.270 e. The average molecular weight is 421 g/mol. The van der Waals surface area contributed by atoms with Gasteiger partial charge in [-0.3, -0.25) is 24.3 Å². The van der Waals surface area contributed by atoms with Crippen LogP contribution in [0, 0.1) is 17.0 Å². The molecule has 4 aromatic rings. The predicted molar refractivity (Wildman–Crippen MR) is 114 cm³/mol. The fourth-order valence-electron chi connectivity index (χ4n) is 3.01. The van der Waals surface area contributed by atoms with Crippen LogP contribution >= 0.6 is 11.3 Å². The molecule has 9 nitrogen and oxygen atoms in total. The van der Waals surface area contributed by atoms with Crippen molar-refractivity contribution < 1.29 is 9.72 Å². The molecule has 0 atom stereocenters. The number of aromatic nitrogens is 3. The fourth-order valence-corrected chi connectivity index (χ4v) is 3.75. The fraction of sp³-hybridized carbons (Fsp3) is 0.100. The third-order valence-corrected chi connectivity index (χ3v) is 5.22. The van der Waals surface area contributed by atoms with Gasteiger partial charge in [0, 0.05) is 23.1 Å². The molecule has 0 aliphatic carbocycles. The number of rotatable bonds is 5. The summed E-state index contributed by atoms with van der Waals surface area (Å²) < 4.78 is 1.31. The molecule has 1 N–H and O–H groups in total. The standard InChI is InChI=1S/C20H15N5O4S/c1-12-21-16-8-3-2-7-15(16)19(27)24(12)10-18(26)23-20-22-17(11-30-20)13-5-4-6-14(9-13)25(28)29/h2-9,11H,10H2,1H3,(H,22,23,26). The molecule has 0 bridgehead atoms. The molecule has 0 fully saturated rings. The number of nitrogens with one attached hydrogen (secondary N) is 1. The number of nitro benzene ring substituents is 1. The molecule has 0 aliphatic rings. The number of carbonyl (C=O) groups is 1. The molecule has 10 heteroatoms. The van der Waals surface area contributed by atoms with E-state index in [0.717, 1.165) is 0 Å². The number of para-hydroxylation sites is 1. The van der Waals surface area contributed by atoms with Gasteiger partial charge in [-0.25, -0.2) is 9.97 Å². The normalized spacial score (nSPS) is 10.8. The summed E-state index contributed by atoms with van der Waals surface area (Å²) in [7, 11) is 0. The Hall–Kier alpha value is -3.92. The molecule has 4 rings (SSSR count). The van der Waals surface area contributed by atoms with E-state index < -0.39 is 10.8 Å². The van der Waals surface area contributed by atoms with Gasteiger partial charge in [0.2, 0.25) is 5.91 Å². The summed E-state index contributed by atoms with van der Waals surface area (Å²) in [4.78, 5) is 44.3. The van der Waals surface area contributed by atoms with Gasteiger partial charge in [-0.15, -0.1) is 11.3 Å². The highest BCUT2D eigenvalue weighted by atomic mass is 32.1. The van der Waals surface area contributed by atoms with Crippen LogP contribution in [0.25, 0.3) is 22.2 Å². The summed E-state index contributed by atoms with van der Waals surface area (Å²) in [6.07, 6.45) is 0. The Labute approximate surface area is 173 Å². The van der Waals surface area contributed by atoms with Gasteiger partial charge in [0.15, 0.2) is 5.13 Å². The molecule has 0 radical (unpaired) electrons. The zero-order valence-corrected chi connectivity index (χ0v) is 16.5. The number of carbonyl (C=O) groups excluding carboxylic acids is 1. The lowest BCUT2D eigenvalue weighted by atomic mass is 10.1. The zero-order chi connectivity index (χ0) is 21.3. The summed E-state index contributed by atoms with van der Waals surface area (Å²) in [5, 5.41) is 16.1. The van der Waals surface area contributed by atoms with E-state index in [-0.39, 0.29) is 17.8 Å². The Kier molecular flexibility index (Phi) is 5.07. The third kappa shape index (κ3) is 3.80. The molecular formula is C20H15N5O4S. The zero-order valence-electron chi connectivity index (χ0n) is 15.7. The molecule has 30 heavy (non-hydrogen) atoms. The van der Waals surface area contributed by atoms with Crippen molar-refractivity contribution in [2.24, 2.45) is 0 Å². The predicted octanol–water partition coefficient (Wildman–Crippen LogP) is 3.38. The maximum atomic E-state index is 12.7. The van der Waals surface area contributed by atoms with Crippen LogP contribution in [0.2, 0.25) is 0 Å². The lowest BCUT2D eigenvalue weighted by Gasteiger charge is -2.10. The number of hydrogen-bond donors (Lipinski definition) is 1. The van der Waals surface area contributed by atoms with Crippen molar-refractivity contribution in [3.63, 3.8) is 0 Å². The van der Waals surface area contributed by atoms with Crippen molar-refractivity contribution in [2.45, 2.75) is 13.5 Å². The van der Waals surface area contributed by atoms with Crippen LogP contribution in [0.3, 0.4) is 0 Å². The number of nitro groups is 1. The van der Waals surface area contributed by atoms with Crippen molar-refractivity contribution in [3.05, 3.63) is 80.2 Å². The minimum atomic E-state index is -0.476. The van der Waals surface area contributed by atoms with Crippen LogP contribution in [0.15, 0.2) is 58.7 Å². The van der Waals surface area contributed by atoms with Gasteiger partial charge in [0.05, 0.1) is 21.5 Å². The van der Waals surface area contributed by atoms with E-state index in [2.05, 4.69) is 15.3 Å². The van der Waals surface area contributed by atoms with Crippen LogP contribution in [-0.4, -0.2) is 25.4 Å². The highest BCUT2D eigenvalue weighted by Crippen LogP contribution is 2.27. The van der Waals surface area contributed by atoms with Crippen molar-refractivity contribution >= 4 is 39.0 Å². The molecular weight excluding hydrogens is 406 g/mol. The Morgan fingerprint density at radius 3 is 2.80 bits per heavy atom. The number of aryl methyl sites for hydroxylation is 1. The van der Waals surface area contributed by atoms with Gasteiger partial charge in [0.1, 0.15) is 12.4 Å². The topological polar surface area (TPSA) is 120 Å². The molecule has 0 saturated heterocycles. The number of hydrogen-bond acceptors (Lipinski definition) is 7. The van der Waals surface area contributed by atoms with E-state index in [1.54, 1.807) is 48.7 Å². The molecule has 0 unspecified atom stereocenters. The Morgan fingerprint density at radius 2 is 2.00 bits per heavy atom. The van der Waals surface area contributed by atoms with Crippen molar-refractivity contribution in [1.82, 2.24) is 14.5 Å². The van der Waals surface area contributed by atoms with Gasteiger partial charge in [-0.1, -0.05) is 24.3 Å². The van der Waals surface area contributed by atoms with Crippen LogP contribution in [0.5, 0.6) is 0 Å². The van der Waals surface area contributed by atoms with E-state index in [9.17, 15) is 19.7 Å². The summed E-state index contributed by atoms with van der Waals surface area (Å²) in [5.74, 6) is 0.0162. The van der Waals surface area contributed by atoms with Crippen molar-refractivity contribution in [2.75, 3.05) is 5.32 Å². The highest BCUT2D eigenvalue weighted by molar-refractivity contribution is 7.14. The lowest BCUT2D eigenvalue weighted by Crippen LogP contribution is -2.30. The first-order valence-corrected chi connectivity index (χ1v) is 9.77. The Balaban J connectivity index is 1.53. The van der Waals surface area contributed by atoms with Gasteiger partial charge in [-0.05, 0) is 19.1 Å². The van der Waals surface area contributed by atoms with Crippen LogP contribution in [0.4, 0.5) is 10.8 Å². The number of benzene rings is 2. The minimum absolute atomic E-state index is 0.0373. The van der Waals surface area contributed by atoms with E-state index in [0.29, 0.717) is 33.1 Å². The third-order valence-electron chi connectivity index (χ3n) is 4.46. The number of amides is 1. The second-order valence-electron chi connectivity index (χ2n) is 6.46. The molecule has 0 spiro atoms. The van der Waals surface area contributed by atoms with Crippen molar-refractivity contribution in [1.29, 1.82) is 0 Å². The minimum Gasteiger partial charge on any atom is -0.300 e. The van der Waals surface area contributed by atoms with Crippen LogP contribution in [-0.2, 0) is 11.3 Å². The van der Waals surface area contributed by atoms with E-state index in [1.807, 2.05) is 0 Å². The van der Waals surface area contributed by atoms with Crippen LogP contribution < -0.4 is 10.9 Å². The van der Waals surface area contributed by atoms with Crippen molar-refractivity contribution in [3.8, 4) is 11.3 Å². The molecule has 0 aliphatic heterocycles. The van der Waals surface area contributed by atoms with E-state index in [1.165, 1.54) is 28.0 Å². The molecule has 0 saturated carbocycles. The quantitative estimate of drug-likeness (QED) is 0.390. The summed E-state index contributed by atoms with van der Waals surface area (Å²) in [6, 6.07) is 13.1. The lowest BCUT2D eigenvalue weighted by molar-refractivity contribution is -0.384. The van der Waals surface area contributed by atoms with Crippen LogP contribution in [0.1, 0.15) is 5.82 Å². The van der Waals surface area contributed by atoms with E-state index >= 15 is 0 Å². The average Bonchev–Trinajstić information content (AvgIpc) is 3.19. The molecule has 2 aromatic heterocycles. The van der Waals surface area contributed by atoms with Gasteiger partial charge < -0.3 is 5.32 Å². The first kappa shape index (κ1) is 19.4. The molecule has 1 amide bonds. The summed E-state index contributed by atoms with van der Waals surface area (Å²) in [5.41, 5.74) is 1.35. The Bertz CT molecular complexity index is 1340. The van der Waals surface area contributed by atoms with Gasteiger partial charge in [-0.2, -0.15) is 0 Å².